The van der Waals surface area contributed by atoms with Crippen molar-refractivity contribution < 1.29 is 17.9 Å². The molecule has 0 atom stereocenters. The summed E-state index contributed by atoms with van der Waals surface area (Å²) in [6.07, 6.45) is -4.33. The maximum absolute atomic E-state index is 12.3. The van der Waals surface area contributed by atoms with Gasteiger partial charge in [0.1, 0.15) is 5.75 Å². The molecule has 0 bridgehead atoms. The van der Waals surface area contributed by atoms with Crippen molar-refractivity contribution in [1.82, 2.24) is 15.2 Å². The smallest absolute Gasteiger partial charge is 0.416 e. The molecule has 1 aromatic heterocycles. The predicted molar refractivity (Wildman–Crippen MR) is 68.5 cm³/mol. The van der Waals surface area contributed by atoms with Crippen LogP contribution < -0.4 is 10.5 Å². The third kappa shape index (κ3) is 4.05. The number of H-pyrrole nitrogens is 1. The minimum absolute atomic E-state index is 0.233. The summed E-state index contributed by atoms with van der Waals surface area (Å²) in [6.45, 7) is 0.324. The molecule has 1 heterocycles. The van der Waals surface area contributed by atoms with Gasteiger partial charge < -0.3 is 10.5 Å². The van der Waals surface area contributed by atoms with E-state index in [0.29, 0.717) is 23.3 Å². The van der Waals surface area contributed by atoms with Gasteiger partial charge in [0.25, 0.3) is 0 Å². The van der Waals surface area contributed by atoms with Gasteiger partial charge >= 0.3 is 6.18 Å². The zero-order valence-electron chi connectivity index (χ0n) is 10.1. The summed E-state index contributed by atoms with van der Waals surface area (Å²) in [5.41, 5.74) is 4.66. The number of nitrogen functional groups attached to an aromatic ring is 1. The Morgan fingerprint density at radius 1 is 1.25 bits per heavy atom. The second-order valence-electron chi connectivity index (χ2n) is 3.72. The highest BCUT2D eigenvalue weighted by atomic mass is 32.2. The van der Waals surface area contributed by atoms with Crippen LogP contribution in [0.4, 0.5) is 19.1 Å². The predicted octanol–water partition coefficient (Wildman–Crippen LogP) is 2.58. The Balaban J connectivity index is 1.77. The fourth-order valence-corrected chi connectivity index (χ4v) is 1.98. The molecular formula is C11H11F3N4OS. The first-order valence-electron chi connectivity index (χ1n) is 5.56. The number of thioether (sulfide) groups is 1. The molecule has 0 saturated heterocycles. The number of hydrogen-bond donors (Lipinski definition) is 2. The highest BCUT2D eigenvalue weighted by Gasteiger charge is 2.29. The van der Waals surface area contributed by atoms with Gasteiger partial charge in [0, 0.05) is 5.75 Å². The van der Waals surface area contributed by atoms with Gasteiger partial charge in [-0.15, -0.1) is 5.10 Å². The second kappa shape index (κ2) is 6.04. The molecule has 0 spiro atoms. The van der Waals surface area contributed by atoms with E-state index in [-0.39, 0.29) is 5.95 Å². The van der Waals surface area contributed by atoms with Gasteiger partial charge in [0.2, 0.25) is 11.1 Å². The first-order valence-corrected chi connectivity index (χ1v) is 6.54. The van der Waals surface area contributed by atoms with E-state index in [1.165, 1.54) is 23.9 Å². The average Bonchev–Trinajstić information content (AvgIpc) is 2.80. The number of nitrogens with zero attached hydrogens (tertiary/aromatic N) is 2. The molecule has 108 valence electrons. The van der Waals surface area contributed by atoms with Crippen molar-refractivity contribution in [3.05, 3.63) is 29.8 Å². The Bertz CT molecular complexity index is 556. The second-order valence-corrected chi connectivity index (χ2v) is 4.78. The number of nitrogens with two attached hydrogens (primary N) is 1. The minimum Gasteiger partial charge on any atom is -0.493 e. The highest BCUT2D eigenvalue weighted by molar-refractivity contribution is 7.99. The van der Waals surface area contributed by atoms with Crippen molar-refractivity contribution in [3.63, 3.8) is 0 Å². The molecule has 3 N–H and O–H groups in total. The van der Waals surface area contributed by atoms with Crippen LogP contribution in [0.2, 0.25) is 0 Å². The van der Waals surface area contributed by atoms with Crippen LogP contribution in [0.25, 0.3) is 0 Å². The van der Waals surface area contributed by atoms with Crippen LogP contribution in [0, 0.1) is 0 Å². The molecule has 5 nitrogen and oxygen atoms in total. The van der Waals surface area contributed by atoms with Gasteiger partial charge in [-0.1, -0.05) is 11.8 Å². The lowest BCUT2D eigenvalue weighted by molar-refractivity contribution is -0.137. The summed E-state index contributed by atoms with van der Waals surface area (Å²) >= 11 is 1.33. The quantitative estimate of drug-likeness (QED) is 0.656. The molecule has 0 unspecified atom stereocenters. The van der Waals surface area contributed by atoms with Gasteiger partial charge in [-0.05, 0) is 24.3 Å². The number of anilines is 1. The number of alkyl halides is 3. The number of hydrogen-bond acceptors (Lipinski definition) is 5. The molecule has 0 saturated carbocycles. The lowest BCUT2D eigenvalue weighted by atomic mass is 10.2. The van der Waals surface area contributed by atoms with E-state index in [1.54, 1.807) is 0 Å². The van der Waals surface area contributed by atoms with Gasteiger partial charge in [-0.2, -0.15) is 18.2 Å². The zero-order valence-corrected chi connectivity index (χ0v) is 11.0. The molecule has 0 radical (unpaired) electrons. The Morgan fingerprint density at radius 3 is 2.50 bits per heavy atom. The summed E-state index contributed by atoms with van der Waals surface area (Å²) in [5.74, 6) is 1.17. The van der Waals surface area contributed by atoms with E-state index < -0.39 is 11.7 Å². The van der Waals surface area contributed by atoms with Crippen LogP contribution in [0.1, 0.15) is 5.56 Å². The molecule has 1 aromatic carbocycles. The minimum atomic E-state index is -4.33. The maximum Gasteiger partial charge on any atom is 0.416 e. The van der Waals surface area contributed by atoms with Crippen molar-refractivity contribution in [2.75, 3.05) is 18.1 Å². The van der Waals surface area contributed by atoms with Crippen LogP contribution in [0.5, 0.6) is 5.75 Å². The average molecular weight is 304 g/mol. The Hall–Kier alpha value is -1.90. The van der Waals surface area contributed by atoms with Crippen molar-refractivity contribution in [1.29, 1.82) is 0 Å². The molecule has 0 fully saturated rings. The standard InChI is InChI=1S/C11H11F3N4OS/c12-11(13,14)7-1-3-8(4-2-7)19-5-6-20-10-16-9(15)17-18-10/h1-4H,5-6H2,(H3,15,16,17,18). The number of aromatic amines is 1. The topological polar surface area (TPSA) is 76.8 Å². The summed E-state index contributed by atoms with van der Waals surface area (Å²) in [6, 6.07) is 4.55. The summed E-state index contributed by atoms with van der Waals surface area (Å²) < 4.78 is 42.4. The third-order valence-electron chi connectivity index (χ3n) is 2.25. The van der Waals surface area contributed by atoms with Crippen LogP contribution in [0.15, 0.2) is 29.4 Å². The largest absolute Gasteiger partial charge is 0.493 e. The maximum atomic E-state index is 12.3. The summed E-state index contributed by atoms with van der Waals surface area (Å²) in [4.78, 5) is 3.89. The summed E-state index contributed by atoms with van der Waals surface area (Å²) in [5, 5.41) is 6.81. The fourth-order valence-electron chi connectivity index (χ4n) is 1.36. The molecule has 2 rings (SSSR count). The monoisotopic (exact) mass is 304 g/mol. The Kier molecular flexibility index (Phi) is 4.38. The van der Waals surface area contributed by atoms with Crippen LogP contribution in [0.3, 0.4) is 0 Å². The molecule has 2 aromatic rings. The molecule has 0 amide bonds. The van der Waals surface area contributed by atoms with Gasteiger partial charge in [-0.25, -0.2) is 5.10 Å². The third-order valence-corrected chi connectivity index (χ3v) is 3.06. The number of halogens is 3. The van der Waals surface area contributed by atoms with E-state index >= 15 is 0 Å². The highest BCUT2D eigenvalue weighted by Crippen LogP contribution is 2.30. The normalized spacial score (nSPS) is 11.6. The SMILES string of the molecule is Nc1nc(SCCOc2ccc(C(F)(F)F)cc2)n[nH]1. The number of nitrogens with one attached hydrogen (secondary N) is 1. The number of ether oxygens (including phenoxy) is 1. The van der Waals surface area contributed by atoms with Gasteiger partial charge in [-0.3, -0.25) is 0 Å². The Morgan fingerprint density at radius 2 is 1.95 bits per heavy atom. The van der Waals surface area contributed by atoms with Gasteiger partial charge in [0.15, 0.2) is 0 Å². The number of aromatic nitrogens is 3. The fraction of sp³-hybridized carbons (Fsp3) is 0.273. The molecule has 0 aliphatic carbocycles. The molecule has 9 heteroatoms. The lowest BCUT2D eigenvalue weighted by Crippen LogP contribution is -2.05. The van der Waals surface area contributed by atoms with Crippen LogP contribution in [-0.4, -0.2) is 27.5 Å². The van der Waals surface area contributed by atoms with E-state index in [1.807, 2.05) is 0 Å². The van der Waals surface area contributed by atoms with Gasteiger partial charge in [0.05, 0.1) is 12.2 Å². The number of benzene rings is 1. The van der Waals surface area contributed by atoms with E-state index in [2.05, 4.69) is 15.2 Å². The first-order chi connectivity index (χ1) is 9.45. The summed E-state index contributed by atoms with van der Waals surface area (Å²) in [7, 11) is 0. The van der Waals surface area contributed by atoms with Crippen molar-refractivity contribution in [2.45, 2.75) is 11.3 Å². The molecule has 20 heavy (non-hydrogen) atoms. The Labute approximate surface area is 116 Å². The molecule has 0 aliphatic heterocycles. The van der Waals surface area contributed by atoms with E-state index in [9.17, 15) is 13.2 Å². The van der Waals surface area contributed by atoms with Crippen molar-refractivity contribution in [2.24, 2.45) is 0 Å². The number of rotatable bonds is 5. The van der Waals surface area contributed by atoms with Crippen LogP contribution in [-0.2, 0) is 6.18 Å². The van der Waals surface area contributed by atoms with Crippen molar-refractivity contribution >= 4 is 17.7 Å². The van der Waals surface area contributed by atoms with Crippen molar-refractivity contribution in [3.8, 4) is 5.75 Å². The zero-order chi connectivity index (χ0) is 14.6. The van der Waals surface area contributed by atoms with E-state index in [4.69, 9.17) is 10.5 Å². The molecular weight excluding hydrogens is 293 g/mol. The lowest BCUT2D eigenvalue weighted by Gasteiger charge is -2.08. The molecule has 0 aliphatic rings. The van der Waals surface area contributed by atoms with Crippen LogP contribution >= 0.6 is 11.8 Å². The van der Waals surface area contributed by atoms with E-state index in [0.717, 1.165) is 12.1 Å². The first kappa shape index (κ1) is 14.5.